The number of amides is 6. The number of piperazine rings is 1. The number of unbranched alkanes of at least 4 members (excludes halogenated alkanes) is 2. The third-order valence-electron chi connectivity index (χ3n) is 17.2. The molecule has 0 saturated carbocycles. The number of imide groups is 2. The first kappa shape index (κ1) is 61.5. The van der Waals surface area contributed by atoms with E-state index in [9.17, 15) is 47.3 Å². The Kier molecular flexibility index (Phi) is 18.4. The summed E-state index contributed by atoms with van der Waals surface area (Å²) in [5.74, 6) is -2.25. The number of allylic oxidation sites excluding steroid dienone is 1. The topological polar surface area (TPSA) is 267 Å². The predicted molar refractivity (Wildman–Crippen MR) is 335 cm³/mol. The number of hydrogen-bond acceptors (Lipinski definition) is 16. The van der Waals surface area contributed by atoms with E-state index in [2.05, 4.69) is 61.1 Å². The van der Waals surface area contributed by atoms with Gasteiger partial charge in [0, 0.05) is 105 Å². The van der Waals surface area contributed by atoms with Crippen LogP contribution in [0.25, 0.3) is 16.6 Å². The number of anilines is 2. The lowest BCUT2D eigenvalue weighted by atomic mass is 9.72. The third kappa shape index (κ3) is 13.9. The highest BCUT2D eigenvalue weighted by Gasteiger charge is 2.46. The maximum atomic E-state index is 14.2. The minimum atomic E-state index is -4.68. The zero-order chi connectivity index (χ0) is 61.9. The van der Waals surface area contributed by atoms with Gasteiger partial charge >= 0.3 is 0 Å². The Labute approximate surface area is 519 Å². The molecule has 0 spiro atoms. The van der Waals surface area contributed by atoms with Crippen molar-refractivity contribution in [1.29, 1.82) is 0 Å². The number of carbonyl (C=O) groups excluding carboxylic acids is 6. The summed E-state index contributed by atoms with van der Waals surface area (Å²) in [7, 11) is -4.68. The Bertz CT molecular complexity index is 3880. The molecule has 5 aliphatic rings. The molecular formula is C64H69ClN10O11S2. The summed E-state index contributed by atoms with van der Waals surface area (Å²) in [5, 5.41) is 19.3. The Morgan fingerprint density at radius 3 is 2.50 bits per heavy atom. The summed E-state index contributed by atoms with van der Waals surface area (Å²) in [6.07, 6.45) is 10.4. The molecular weight excluding hydrogens is 1180 g/mol. The highest BCUT2D eigenvalue weighted by atomic mass is 35.5. The summed E-state index contributed by atoms with van der Waals surface area (Å²) in [5.41, 5.74) is 5.61. The largest absolute Gasteiger partial charge is 0.455 e. The fourth-order valence-electron chi connectivity index (χ4n) is 12.4. The van der Waals surface area contributed by atoms with Gasteiger partial charge in [-0.05, 0) is 140 Å². The van der Waals surface area contributed by atoms with Crippen molar-refractivity contribution in [3.63, 3.8) is 0 Å². The normalized spacial score (nSPS) is 19.0. The lowest BCUT2D eigenvalue weighted by Crippen LogP contribution is -2.54. The number of piperidine rings is 2. The number of rotatable bonds is 21. The third-order valence-corrected chi connectivity index (χ3v) is 19.9. The van der Waals surface area contributed by atoms with Crippen LogP contribution in [0.3, 0.4) is 0 Å². The molecule has 3 saturated heterocycles. The molecule has 460 valence electrons. The number of benzene rings is 4. The second-order valence-electron chi connectivity index (χ2n) is 23.9. The molecule has 2 unspecified atom stereocenters. The standard InChI is InChI=1S/C64H69ClN10O11S2/c1-64(2)24-22-43(50(35-64)41-12-14-44(65)15-13-41)39-71-27-29-72(30-28-71)45-16-18-48(54(33-45)86-46-32-42-23-25-66-59(42)68-37-46)60(78)70-88(84,85)47-17-19-51(53(34-47)75(82)83)67-36-40-8-7-26-73(38-40)57(77)11-4-3-5-31-87-55-10-6-9-49-58(55)63(81)74(62(49)80)52-20-21-56(76)69-61(52)79/h6,9-10,12-19,23,25,32-34,37,40,52,67H,3-5,7-8,11,20-22,24,26-31,35-36,38-39H2,1-2H3,(H,66,68)(H,70,78)(H,69,76,79). The van der Waals surface area contributed by atoms with Gasteiger partial charge in [0.2, 0.25) is 17.7 Å². The lowest BCUT2D eigenvalue weighted by molar-refractivity contribution is -0.384. The number of ether oxygens (including phenoxy) is 1. The van der Waals surface area contributed by atoms with E-state index in [1.54, 1.807) is 47.5 Å². The number of carbonyl (C=O) groups is 6. The molecule has 6 amide bonds. The molecule has 24 heteroatoms. The second kappa shape index (κ2) is 26.3. The van der Waals surface area contributed by atoms with Crippen molar-refractivity contribution < 1.29 is 46.8 Å². The van der Waals surface area contributed by atoms with Crippen LogP contribution < -0.4 is 25.0 Å². The van der Waals surface area contributed by atoms with Crippen LogP contribution in [0.1, 0.15) is 121 Å². The van der Waals surface area contributed by atoms with Crippen LogP contribution >= 0.6 is 23.4 Å². The first-order valence-corrected chi connectivity index (χ1v) is 32.7. The van der Waals surface area contributed by atoms with E-state index in [1.807, 2.05) is 18.2 Å². The van der Waals surface area contributed by atoms with Crippen molar-refractivity contribution in [1.82, 2.24) is 34.7 Å². The van der Waals surface area contributed by atoms with Crippen LogP contribution in [0.4, 0.5) is 17.1 Å². The molecule has 4 aliphatic heterocycles. The van der Waals surface area contributed by atoms with Crippen molar-refractivity contribution >= 4 is 102 Å². The number of nitrogens with zero attached hydrogens (tertiary/aromatic N) is 6. The minimum Gasteiger partial charge on any atom is -0.455 e. The second-order valence-corrected chi connectivity index (χ2v) is 27.2. The number of nitro groups is 1. The van der Waals surface area contributed by atoms with Crippen molar-refractivity contribution in [2.75, 3.05) is 68.3 Å². The molecule has 88 heavy (non-hydrogen) atoms. The van der Waals surface area contributed by atoms with E-state index < -0.39 is 61.1 Å². The van der Waals surface area contributed by atoms with Crippen LogP contribution in [0, 0.1) is 21.4 Å². The van der Waals surface area contributed by atoms with Crippen molar-refractivity contribution in [2.24, 2.45) is 11.3 Å². The predicted octanol–water partition coefficient (Wildman–Crippen LogP) is 10.2. The molecule has 4 aromatic carbocycles. The van der Waals surface area contributed by atoms with Gasteiger partial charge in [-0.2, -0.15) is 0 Å². The number of sulfonamides is 1. The Balaban J connectivity index is 0.684. The van der Waals surface area contributed by atoms with Gasteiger partial charge in [0.15, 0.2) is 0 Å². The number of thioether (sulfide) groups is 1. The van der Waals surface area contributed by atoms with E-state index in [1.165, 1.54) is 52.9 Å². The van der Waals surface area contributed by atoms with Gasteiger partial charge in [0.25, 0.3) is 33.4 Å². The highest BCUT2D eigenvalue weighted by molar-refractivity contribution is 7.99. The quantitative estimate of drug-likeness (QED) is 0.0172. The fourth-order valence-corrected chi connectivity index (χ4v) is 14.6. The maximum absolute atomic E-state index is 14.2. The molecule has 4 N–H and O–H groups in total. The molecule has 11 rings (SSSR count). The van der Waals surface area contributed by atoms with Crippen molar-refractivity contribution in [3.8, 4) is 11.5 Å². The fraction of sp³-hybridized carbons (Fsp3) is 0.391. The molecule has 0 radical (unpaired) electrons. The van der Waals surface area contributed by atoms with Crippen LogP contribution in [0.2, 0.25) is 5.02 Å². The first-order valence-electron chi connectivity index (χ1n) is 29.8. The average molecular weight is 1250 g/mol. The van der Waals surface area contributed by atoms with Crippen molar-refractivity contribution in [3.05, 3.63) is 146 Å². The number of fused-ring (bicyclic) bond motifs is 2. The number of aromatic amines is 1. The first-order chi connectivity index (χ1) is 42.3. The molecule has 2 aromatic heterocycles. The average Bonchev–Trinajstić information content (AvgIpc) is 2.14. The summed E-state index contributed by atoms with van der Waals surface area (Å²) in [4.78, 5) is 105. The van der Waals surface area contributed by atoms with Crippen molar-refractivity contribution in [2.45, 2.75) is 100 Å². The number of hydrogen-bond donors (Lipinski definition) is 4. The smallest absolute Gasteiger partial charge is 0.293 e. The maximum Gasteiger partial charge on any atom is 0.293 e. The number of halogens is 1. The minimum absolute atomic E-state index is 0.00479. The van der Waals surface area contributed by atoms with Crippen LogP contribution in [0.15, 0.2) is 119 Å². The Hall–Kier alpha value is -8.12. The molecule has 21 nitrogen and oxygen atoms in total. The van der Waals surface area contributed by atoms with Gasteiger partial charge < -0.3 is 24.8 Å². The van der Waals surface area contributed by atoms with Gasteiger partial charge in [-0.1, -0.05) is 55.6 Å². The number of nitro benzene ring substituents is 1. The molecule has 3 fully saturated rings. The Morgan fingerprint density at radius 2 is 1.72 bits per heavy atom. The zero-order valence-electron chi connectivity index (χ0n) is 49.0. The van der Waals surface area contributed by atoms with Gasteiger partial charge in [-0.25, -0.2) is 18.1 Å². The van der Waals surface area contributed by atoms with Crippen LogP contribution in [-0.2, 0) is 24.4 Å². The molecule has 6 aromatic rings. The lowest BCUT2D eigenvalue weighted by Gasteiger charge is -2.39. The van der Waals surface area contributed by atoms with E-state index in [0.29, 0.717) is 66.1 Å². The van der Waals surface area contributed by atoms with Gasteiger partial charge in [-0.15, -0.1) is 11.8 Å². The van der Waals surface area contributed by atoms with Gasteiger partial charge in [0.05, 0.1) is 32.7 Å². The molecule has 2 atom stereocenters. The van der Waals surface area contributed by atoms with E-state index in [-0.39, 0.29) is 64.8 Å². The summed E-state index contributed by atoms with van der Waals surface area (Å²) >= 11 is 7.70. The molecule has 6 heterocycles. The highest BCUT2D eigenvalue weighted by Crippen LogP contribution is 2.44. The van der Waals surface area contributed by atoms with E-state index >= 15 is 0 Å². The van der Waals surface area contributed by atoms with Crippen LogP contribution in [-0.4, -0.2) is 138 Å². The van der Waals surface area contributed by atoms with E-state index in [4.69, 9.17) is 16.3 Å². The SMILES string of the molecule is CC1(C)CCC(CN2CCN(c3ccc(C(=O)NS(=O)(=O)c4ccc(NCC5CCCN(C(=O)CCCCCSc6cccc7c6C(=O)N(C6CCC(=O)NC6=O)C7=O)C5)c([N+](=O)[O-])c4)c(Oc4cnc5[nH]ccc5c4)c3)CC2)=C(c2ccc(Cl)cc2)C1. The molecule has 0 bridgehead atoms. The number of pyridine rings is 1. The number of aromatic nitrogens is 2. The zero-order valence-corrected chi connectivity index (χ0v) is 51.4. The monoisotopic (exact) mass is 1250 g/mol. The Morgan fingerprint density at radius 1 is 0.909 bits per heavy atom. The van der Waals surface area contributed by atoms with Gasteiger partial charge in [-0.3, -0.25) is 54.0 Å². The van der Waals surface area contributed by atoms with Gasteiger partial charge in [0.1, 0.15) is 28.9 Å². The van der Waals surface area contributed by atoms with Crippen LogP contribution in [0.5, 0.6) is 11.5 Å². The van der Waals surface area contributed by atoms with E-state index in [0.717, 1.165) is 86.6 Å². The summed E-state index contributed by atoms with van der Waals surface area (Å²) in [6.45, 7) is 9.73. The number of nitrogens with one attached hydrogen (secondary N) is 4. The number of H-pyrrole nitrogens is 1. The summed E-state index contributed by atoms with van der Waals surface area (Å²) < 4.78 is 36.5. The molecule has 1 aliphatic carbocycles. The number of likely N-dealkylation sites (tertiary alicyclic amines) is 1. The summed E-state index contributed by atoms with van der Waals surface area (Å²) in [6, 6.07) is 24.1.